The van der Waals surface area contributed by atoms with Crippen LogP contribution in [-0.2, 0) is 14.8 Å². The highest BCUT2D eigenvalue weighted by Gasteiger charge is 2.20. The Balaban J connectivity index is 1.68. The molecule has 0 aliphatic rings. The molecule has 0 bridgehead atoms. The molecule has 33 heavy (non-hydrogen) atoms. The Labute approximate surface area is 200 Å². The van der Waals surface area contributed by atoms with Gasteiger partial charge in [-0.1, -0.05) is 15.9 Å². The first-order chi connectivity index (χ1) is 15.6. The molecule has 11 heteroatoms. The van der Waals surface area contributed by atoms with Gasteiger partial charge in [0.25, 0.3) is 21.8 Å². The van der Waals surface area contributed by atoms with Crippen molar-refractivity contribution in [2.45, 2.75) is 31.8 Å². The van der Waals surface area contributed by atoms with E-state index < -0.39 is 16.1 Å². The molecular formula is C22H23BrN4O5S. The summed E-state index contributed by atoms with van der Waals surface area (Å²) in [6.07, 6.45) is 1.97. The average Bonchev–Trinajstić information content (AvgIpc) is 2.76. The lowest BCUT2D eigenvalue weighted by molar-refractivity contribution is -0.122. The molecule has 1 atom stereocenters. The molecule has 0 spiro atoms. The van der Waals surface area contributed by atoms with Crippen LogP contribution in [0.2, 0.25) is 0 Å². The first-order valence-corrected chi connectivity index (χ1v) is 12.1. The van der Waals surface area contributed by atoms with Crippen LogP contribution in [0.1, 0.15) is 18.1 Å². The van der Waals surface area contributed by atoms with Gasteiger partial charge in [0.1, 0.15) is 5.75 Å². The predicted molar refractivity (Wildman–Crippen MR) is 128 cm³/mol. The topological polar surface area (TPSA) is 120 Å². The Kier molecular flexibility index (Phi) is 7.54. The highest BCUT2D eigenvalue weighted by molar-refractivity contribution is 9.10. The number of nitrogens with zero attached hydrogens (tertiary/aromatic N) is 2. The van der Waals surface area contributed by atoms with Gasteiger partial charge < -0.3 is 14.8 Å². The monoisotopic (exact) mass is 534 g/mol. The molecule has 1 amide bonds. The molecule has 174 valence electrons. The molecule has 3 rings (SSSR count). The van der Waals surface area contributed by atoms with Crippen molar-refractivity contribution < 1.29 is 22.7 Å². The SMILES string of the molecule is COc1nccnc1NS(=O)(=O)c1ccc(NC(=O)C(C)Oc2c(C)cc(Br)cc2C)cc1. The number of ether oxygens (including phenoxy) is 2. The fourth-order valence-corrected chi connectivity index (χ4v) is 4.70. The largest absolute Gasteiger partial charge is 0.480 e. The second-order valence-electron chi connectivity index (χ2n) is 7.16. The lowest BCUT2D eigenvalue weighted by Crippen LogP contribution is -2.30. The molecule has 9 nitrogen and oxygen atoms in total. The summed E-state index contributed by atoms with van der Waals surface area (Å²) in [5.74, 6) is 0.305. The normalized spacial score (nSPS) is 12.0. The standard InChI is InChI=1S/C22H23BrN4O5S/c1-13-11-16(23)12-14(2)19(13)32-15(3)21(28)26-17-5-7-18(8-6-17)33(29,30)27-20-22(31-4)25-10-9-24-20/h5-12,15H,1-4H3,(H,24,27)(H,26,28). The summed E-state index contributed by atoms with van der Waals surface area (Å²) < 4.78 is 39.5. The smallest absolute Gasteiger partial charge is 0.265 e. The van der Waals surface area contributed by atoms with Crippen molar-refractivity contribution >= 4 is 43.4 Å². The summed E-state index contributed by atoms with van der Waals surface area (Å²) in [5.41, 5.74) is 2.24. The van der Waals surface area contributed by atoms with E-state index in [0.717, 1.165) is 15.6 Å². The van der Waals surface area contributed by atoms with Gasteiger partial charge in [0, 0.05) is 22.6 Å². The van der Waals surface area contributed by atoms with Crippen LogP contribution in [0.5, 0.6) is 11.6 Å². The van der Waals surface area contributed by atoms with Gasteiger partial charge in [-0.25, -0.2) is 18.4 Å². The number of nitrogens with one attached hydrogen (secondary N) is 2. The van der Waals surface area contributed by atoms with E-state index in [4.69, 9.17) is 9.47 Å². The first-order valence-electron chi connectivity index (χ1n) is 9.83. The number of sulfonamides is 1. The fourth-order valence-electron chi connectivity index (χ4n) is 3.01. The molecule has 0 aliphatic heterocycles. The third kappa shape index (κ3) is 5.99. The third-order valence-electron chi connectivity index (χ3n) is 4.61. The number of anilines is 2. The minimum Gasteiger partial charge on any atom is -0.480 e. The van der Waals surface area contributed by atoms with E-state index in [1.165, 1.54) is 43.8 Å². The van der Waals surface area contributed by atoms with E-state index in [2.05, 4.69) is 35.9 Å². The van der Waals surface area contributed by atoms with Gasteiger partial charge in [0.2, 0.25) is 5.82 Å². The number of carbonyl (C=O) groups excluding carboxylic acids is 1. The van der Waals surface area contributed by atoms with E-state index in [1.54, 1.807) is 6.92 Å². The summed E-state index contributed by atoms with van der Waals surface area (Å²) in [5, 5.41) is 2.73. The number of hydrogen-bond acceptors (Lipinski definition) is 7. The number of aryl methyl sites for hydroxylation is 2. The quantitative estimate of drug-likeness (QED) is 0.446. The summed E-state index contributed by atoms with van der Waals surface area (Å²) in [7, 11) is -2.57. The van der Waals surface area contributed by atoms with E-state index in [1.807, 2.05) is 26.0 Å². The second kappa shape index (κ2) is 10.2. The maximum atomic E-state index is 12.7. The molecule has 0 aliphatic carbocycles. The molecule has 1 unspecified atom stereocenters. The molecule has 1 aromatic heterocycles. The van der Waals surface area contributed by atoms with Crippen LogP contribution in [0.25, 0.3) is 0 Å². The van der Waals surface area contributed by atoms with E-state index in [-0.39, 0.29) is 22.5 Å². The number of benzene rings is 2. The summed E-state index contributed by atoms with van der Waals surface area (Å²) in [4.78, 5) is 20.4. The Bertz CT molecular complexity index is 1240. The minimum absolute atomic E-state index is 0.0152. The molecule has 0 saturated carbocycles. The zero-order valence-electron chi connectivity index (χ0n) is 18.4. The number of carbonyl (C=O) groups is 1. The van der Waals surface area contributed by atoms with Crippen LogP contribution in [0, 0.1) is 13.8 Å². The van der Waals surface area contributed by atoms with Gasteiger partial charge in [-0.05, 0) is 68.3 Å². The molecule has 0 saturated heterocycles. The van der Waals surface area contributed by atoms with Crippen LogP contribution < -0.4 is 19.5 Å². The number of rotatable bonds is 8. The van der Waals surface area contributed by atoms with E-state index >= 15 is 0 Å². The first kappa shape index (κ1) is 24.5. The van der Waals surface area contributed by atoms with E-state index in [0.29, 0.717) is 11.4 Å². The maximum Gasteiger partial charge on any atom is 0.265 e. The molecule has 2 aromatic carbocycles. The van der Waals surface area contributed by atoms with Crippen LogP contribution in [-0.4, -0.2) is 37.5 Å². The maximum absolute atomic E-state index is 12.7. The van der Waals surface area contributed by atoms with Gasteiger partial charge in [-0.15, -0.1) is 0 Å². The minimum atomic E-state index is -3.93. The van der Waals surface area contributed by atoms with Crippen molar-refractivity contribution in [2.24, 2.45) is 0 Å². The van der Waals surface area contributed by atoms with Crippen molar-refractivity contribution in [2.75, 3.05) is 17.1 Å². The lowest BCUT2D eigenvalue weighted by Gasteiger charge is -2.18. The molecular weight excluding hydrogens is 512 g/mol. The zero-order valence-corrected chi connectivity index (χ0v) is 20.8. The van der Waals surface area contributed by atoms with Crippen molar-refractivity contribution in [3.05, 3.63) is 64.4 Å². The third-order valence-corrected chi connectivity index (χ3v) is 6.42. The fraction of sp³-hybridized carbons (Fsp3) is 0.227. The van der Waals surface area contributed by atoms with E-state index in [9.17, 15) is 13.2 Å². The van der Waals surface area contributed by atoms with Gasteiger partial charge >= 0.3 is 0 Å². The Morgan fingerprint density at radius 3 is 2.27 bits per heavy atom. The molecule has 2 N–H and O–H groups in total. The summed E-state index contributed by atoms with van der Waals surface area (Å²) >= 11 is 3.44. The van der Waals surface area contributed by atoms with Crippen LogP contribution in [0.15, 0.2) is 58.2 Å². The predicted octanol–water partition coefficient (Wildman–Crippen LogP) is 4.07. The molecule has 3 aromatic rings. The summed E-state index contributed by atoms with van der Waals surface area (Å²) in [6.45, 7) is 5.45. The second-order valence-corrected chi connectivity index (χ2v) is 9.76. The van der Waals surface area contributed by atoms with Crippen LogP contribution in [0.4, 0.5) is 11.5 Å². The Morgan fingerprint density at radius 1 is 1.06 bits per heavy atom. The van der Waals surface area contributed by atoms with Gasteiger partial charge in [-0.3, -0.25) is 9.52 Å². The van der Waals surface area contributed by atoms with Gasteiger partial charge in [-0.2, -0.15) is 0 Å². The van der Waals surface area contributed by atoms with Crippen molar-refractivity contribution in [1.82, 2.24) is 9.97 Å². The Morgan fingerprint density at radius 2 is 1.67 bits per heavy atom. The van der Waals surface area contributed by atoms with Crippen molar-refractivity contribution in [3.63, 3.8) is 0 Å². The highest BCUT2D eigenvalue weighted by atomic mass is 79.9. The summed E-state index contributed by atoms with van der Waals surface area (Å²) in [6, 6.07) is 9.55. The van der Waals surface area contributed by atoms with Gasteiger partial charge in [0.05, 0.1) is 12.0 Å². The molecule has 0 radical (unpaired) electrons. The average molecular weight is 535 g/mol. The van der Waals surface area contributed by atoms with Crippen LogP contribution >= 0.6 is 15.9 Å². The highest BCUT2D eigenvalue weighted by Crippen LogP contribution is 2.28. The van der Waals surface area contributed by atoms with Crippen molar-refractivity contribution in [1.29, 1.82) is 0 Å². The van der Waals surface area contributed by atoms with Crippen LogP contribution in [0.3, 0.4) is 0 Å². The Hall–Kier alpha value is -3.18. The zero-order chi connectivity index (χ0) is 24.2. The molecule has 1 heterocycles. The molecule has 0 fully saturated rings. The number of amides is 1. The van der Waals surface area contributed by atoms with Gasteiger partial charge in [0.15, 0.2) is 6.10 Å². The number of hydrogen-bond donors (Lipinski definition) is 2. The number of aromatic nitrogens is 2. The van der Waals surface area contributed by atoms with Crippen molar-refractivity contribution in [3.8, 4) is 11.6 Å². The number of halogens is 1. The number of methoxy groups -OCH3 is 1. The lowest BCUT2D eigenvalue weighted by atomic mass is 10.1.